The number of pyridine rings is 1. The van der Waals surface area contributed by atoms with Crippen LogP contribution in [0.5, 0.6) is 5.75 Å². The number of aromatic nitrogens is 3. The van der Waals surface area contributed by atoms with Crippen LogP contribution in [0.4, 0.5) is 0 Å². The Hall–Kier alpha value is -4.19. The van der Waals surface area contributed by atoms with Gasteiger partial charge in [-0.1, -0.05) is 30.3 Å². The first-order valence-electron chi connectivity index (χ1n) is 9.33. The molecule has 0 unspecified atom stereocenters. The number of carbonyl (C=O) groups is 1. The lowest BCUT2D eigenvalue weighted by molar-refractivity contribution is 0.104. The van der Waals surface area contributed by atoms with Crippen molar-refractivity contribution in [2.45, 2.75) is 0 Å². The Morgan fingerprint density at radius 3 is 2.67 bits per heavy atom. The van der Waals surface area contributed by atoms with Crippen LogP contribution in [0, 0.1) is 0 Å². The van der Waals surface area contributed by atoms with E-state index in [1.165, 1.54) is 10.6 Å². The Labute approximate surface area is 173 Å². The first kappa shape index (κ1) is 19.1. The van der Waals surface area contributed by atoms with Crippen LogP contribution in [-0.2, 0) is 0 Å². The predicted octanol–water partition coefficient (Wildman–Crippen LogP) is 4.13. The lowest BCUT2D eigenvalue weighted by Crippen LogP contribution is -2.16. The number of benzene rings is 2. The molecular formula is C24H19N3O3. The molecule has 6 heteroatoms. The highest BCUT2D eigenvalue weighted by atomic mass is 16.5. The fraction of sp³-hybridized carbons (Fsp3) is 0.0417. The molecule has 148 valence electrons. The van der Waals surface area contributed by atoms with Gasteiger partial charge in [0.15, 0.2) is 5.78 Å². The van der Waals surface area contributed by atoms with E-state index in [0.717, 1.165) is 16.9 Å². The summed E-state index contributed by atoms with van der Waals surface area (Å²) in [6.45, 7) is 0. The summed E-state index contributed by atoms with van der Waals surface area (Å²) in [5.74, 6) is 0.603. The third kappa shape index (κ3) is 3.98. The molecule has 0 atom stereocenters. The van der Waals surface area contributed by atoms with E-state index >= 15 is 0 Å². The maximum absolute atomic E-state index is 12.7. The van der Waals surface area contributed by atoms with Crippen molar-refractivity contribution in [3.05, 3.63) is 107 Å². The number of hydrogen-bond acceptors (Lipinski definition) is 4. The molecule has 0 fully saturated rings. The zero-order valence-corrected chi connectivity index (χ0v) is 16.3. The normalized spacial score (nSPS) is 11.0. The van der Waals surface area contributed by atoms with E-state index < -0.39 is 0 Å². The SMILES string of the molecule is COc1ccc(C=CC(=O)c2cccc(-n3c(-c4cccnc4)c[nH]c3=O)c2)cc1. The van der Waals surface area contributed by atoms with E-state index in [-0.39, 0.29) is 11.5 Å². The van der Waals surface area contributed by atoms with Crippen LogP contribution in [0.2, 0.25) is 0 Å². The summed E-state index contributed by atoms with van der Waals surface area (Å²) in [4.78, 5) is 31.9. The number of imidazole rings is 1. The molecule has 2 aromatic carbocycles. The molecule has 4 rings (SSSR count). The van der Waals surface area contributed by atoms with Gasteiger partial charge in [0.25, 0.3) is 0 Å². The standard InChI is InChI=1S/C24H19N3O3/c1-30-21-10-7-17(8-11-21)9-12-23(28)18-4-2-6-20(14-18)27-22(16-26-24(27)29)19-5-3-13-25-15-19/h2-16H,1H3,(H,26,29). The molecular weight excluding hydrogens is 378 g/mol. The summed E-state index contributed by atoms with van der Waals surface area (Å²) in [6.07, 6.45) is 8.26. The van der Waals surface area contributed by atoms with Crippen LogP contribution in [0.3, 0.4) is 0 Å². The predicted molar refractivity (Wildman–Crippen MR) is 116 cm³/mol. The number of nitrogens with zero attached hydrogens (tertiary/aromatic N) is 2. The maximum atomic E-state index is 12.7. The molecule has 0 radical (unpaired) electrons. The Kier molecular flexibility index (Phi) is 5.39. The zero-order chi connectivity index (χ0) is 20.9. The van der Waals surface area contributed by atoms with Crippen LogP contribution < -0.4 is 10.4 Å². The number of aromatic amines is 1. The molecule has 0 aliphatic carbocycles. The highest BCUT2D eigenvalue weighted by Crippen LogP contribution is 2.21. The van der Waals surface area contributed by atoms with Gasteiger partial charge in [-0.2, -0.15) is 0 Å². The largest absolute Gasteiger partial charge is 0.497 e. The fourth-order valence-electron chi connectivity index (χ4n) is 3.13. The minimum absolute atomic E-state index is 0.154. The van der Waals surface area contributed by atoms with Gasteiger partial charge < -0.3 is 9.72 Å². The molecule has 30 heavy (non-hydrogen) atoms. The number of allylic oxidation sites excluding steroid dienone is 1. The van der Waals surface area contributed by atoms with Gasteiger partial charge in [0.05, 0.1) is 18.5 Å². The molecule has 1 N–H and O–H groups in total. The van der Waals surface area contributed by atoms with Gasteiger partial charge in [-0.3, -0.25) is 14.3 Å². The Morgan fingerprint density at radius 2 is 1.93 bits per heavy atom. The summed E-state index contributed by atoms with van der Waals surface area (Å²) >= 11 is 0. The van der Waals surface area contributed by atoms with Crippen molar-refractivity contribution in [1.29, 1.82) is 0 Å². The van der Waals surface area contributed by atoms with Crippen LogP contribution in [0.25, 0.3) is 23.0 Å². The van der Waals surface area contributed by atoms with Crippen LogP contribution in [0.15, 0.2) is 90.1 Å². The fourth-order valence-corrected chi connectivity index (χ4v) is 3.13. The smallest absolute Gasteiger partial charge is 0.330 e. The van der Waals surface area contributed by atoms with E-state index in [0.29, 0.717) is 16.9 Å². The molecule has 4 aromatic rings. The van der Waals surface area contributed by atoms with Crippen LogP contribution >= 0.6 is 0 Å². The monoisotopic (exact) mass is 397 g/mol. The Morgan fingerprint density at radius 1 is 1.10 bits per heavy atom. The molecule has 0 amide bonds. The van der Waals surface area contributed by atoms with Gasteiger partial charge in [-0.15, -0.1) is 0 Å². The number of ketones is 1. The highest BCUT2D eigenvalue weighted by Gasteiger charge is 2.12. The molecule has 0 aliphatic heterocycles. The molecule has 0 bridgehead atoms. The van der Waals surface area contributed by atoms with Gasteiger partial charge in [0.1, 0.15) is 5.75 Å². The van der Waals surface area contributed by atoms with Crippen molar-refractivity contribution in [3.8, 4) is 22.7 Å². The topological polar surface area (TPSA) is 77.0 Å². The Balaban J connectivity index is 1.63. The number of H-pyrrole nitrogens is 1. The van der Waals surface area contributed by atoms with Crippen molar-refractivity contribution >= 4 is 11.9 Å². The number of hydrogen-bond donors (Lipinski definition) is 1. The average molecular weight is 397 g/mol. The first-order valence-corrected chi connectivity index (χ1v) is 9.33. The number of ether oxygens (including phenoxy) is 1. The van der Waals surface area contributed by atoms with Gasteiger partial charge in [0.2, 0.25) is 0 Å². The number of methoxy groups -OCH3 is 1. The minimum Gasteiger partial charge on any atom is -0.497 e. The zero-order valence-electron chi connectivity index (χ0n) is 16.3. The second-order valence-corrected chi connectivity index (χ2v) is 6.58. The van der Waals surface area contributed by atoms with E-state index in [1.54, 1.807) is 62.1 Å². The second-order valence-electron chi connectivity index (χ2n) is 6.58. The summed E-state index contributed by atoms with van der Waals surface area (Å²) < 4.78 is 6.67. The van der Waals surface area contributed by atoms with E-state index in [4.69, 9.17) is 4.74 Å². The second kappa shape index (κ2) is 8.45. The summed E-state index contributed by atoms with van der Waals surface area (Å²) in [7, 11) is 1.61. The van der Waals surface area contributed by atoms with Crippen molar-refractivity contribution in [1.82, 2.24) is 14.5 Å². The van der Waals surface area contributed by atoms with E-state index in [9.17, 15) is 9.59 Å². The lowest BCUT2D eigenvalue weighted by atomic mass is 10.1. The molecule has 0 aliphatic rings. The average Bonchev–Trinajstić information content (AvgIpc) is 3.20. The van der Waals surface area contributed by atoms with Crippen molar-refractivity contribution in [3.63, 3.8) is 0 Å². The van der Waals surface area contributed by atoms with Gasteiger partial charge in [-0.25, -0.2) is 4.79 Å². The summed E-state index contributed by atoms with van der Waals surface area (Å²) in [6, 6.07) is 18.1. The Bertz CT molecular complexity index is 1250. The van der Waals surface area contributed by atoms with Crippen LogP contribution in [0.1, 0.15) is 15.9 Å². The summed E-state index contributed by atoms with van der Waals surface area (Å²) in [5.41, 5.74) is 3.16. The number of nitrogens with one attached hydrogen (secondary N) is 1. The molecule has 2 heterocycles. The van der Waals surface area contributed by atoms with Gasteiger partial charge in [0, 0.05) is 29.7 Å². The third-order valence-corrected chi connectivity index (χ3v) is 4.67. The van der Waals surface area contributed by atoms with Crippen LogP contribution in [-0.4, -0.2) is 27.4 Å². The third-order valence-electron chi connectivity index (χ3n) is 4.67. The van der Waals surface area contributed by atoms with E-state index in [1.807, 2.05) is 30.3 Å². The maximum Gasteiger partial charge on any atom is 0.330 e. The van der Waals surface area contributed by atoms with Crippen molar-refractivity contribution in [2.75, 3.05) is 7.11 Å². The van der Waals surface area contributed by atoms with Crippen molar-refractivity contribution in [2.24, 2.45) is 0 Å². The highest BCUT2D eigenvalue weighted by molar-refractivity contribution is 6.07. The van der Waals surface area contributed by atoms with E-state index in [2.05, 4.69) is 9.97 Å². The minimum atomic E-state index is -0.285. The quantitative estimate of drug-likeness (QED) is 0.392. The molecule has 2 aromatic heterocycles. The molecule has 0 saturated heterocycles. The van der Waals surface area contributed by atoms with Crippen molar-refractivity contribution < 1.29 is 9.53 Å². The van der Waals surface area contributed by atoms with Gasteiger partial charge in [-0.05, 0) is 48.0 Å². The first-order chi connectivity index (χ1) is 14.7. The van der Waals surface area contributed by atoms with Gasteiger partial charge >= 0.3 is 5.69 Å². The summed E-state index contributed by atoms with van der Waals surface area (Å²) in [5, 5.41) is 0. The molecule has 6 nitrogen and oxygen atoms in total. The molecule has 0 saturated carbocycles. The number of carbonyl (C=O) groups excluding carboxylic acids is 1. The number of rotatable bonds is 6. The molecule has 0 spiro atoms. The lowest BCUT2D eigenvalue weighted by Gasteiger charge is -2.08.